The number of rotatable bonds is 7. The van der Waals surface area contributed by atoms with Crippen LogP contribution in [0.15, 0.2) is 35.2 Å². The number of carbonyl (C=O) groups is 1. The lowest BCUT2D eigenvalue weighted by atomic mass is 10.1. The van der Waals surface area contributed by atoms with E-state index in [1.54, 1.807) is 12.1 Å². The van der Waals surface area contributed by atoms with Gasteiger partial charge < -0.3 is 5.11 Å². The summed E-state index contributed by atoms with van der Waals surface area (Å²) in [5.41, 5.74) is 0.641. The molecule has 114 valence electrons. The highest BCUT2D eigenvalue weighted by atomic mass is 32.2. The monoisotopic (exact) mass is 309 g/mol. The Morgan fingerprint density at radius 3 is 2.52 bits per heavy atom. The largest absolute Gasteiger partial charge is 0.478 e. The summed E-state index contributed by atoms with van der Waals surface area (Å²) in [5.74, 6) is -0.0313. The summed E-state index contributed by atoms with van der Waals surface area (Å²) < 4.78 is 26.9. The minimum Gasteiger partial charge on any atom is -0.478 e. The molecule has 1 aromatic carbocycles. The SMILES string of the molecule is CC(CNS(=O)(=O)c1ccc(/C=C/C(=O)O)cc1)C1CC1. The van der Waals surface area contributed by atoms with Crippen molar-refractivity contribution in [1.29, 1.82) is 0 Å². The second-order valence-electron chi connectivity index (χ2n) is 5.41. The molecule has 1 fully saturated rings. The predicted octanol–water partition coefficient (Wildman–Crippen LogP) is 2.11. The van der Waals surface area contributed by atoms with Crippen molar-refractivity contribution < 1.29 is 18.3 Å². The fourth-order valence-corrected chi connectivity index (χ4v) is 3.23. The quantitative estimate of drug-likeness (QED) is 0.756. The van der Waals surface area contributed by atoms with Gasteiger partial charge in [-0.25, -0.2) is 17.9 Å². The van der Waals surface area contributed by atoms with Gasteiger partial charge in [-0.2, -0.15) is 0 Å². The number of benzene rings is 1. The first-order valence-corrected chi connectivity index (χ1v) is 8.37. The Balaban J connectivity index is 2.00. The molecular weight excluding hydrogens is 290 g/mol. The summed E-state index contributed by atoms with van der Waals surface area (Å²) in [6.07, 6.45) is 4.81. The summed E-state index contributed by atoms with van der Waals surface area (Å²) in [5, 5.41) is 8.54. The van der Waals surface area contributed by atoms with Gasteiger partial charge in [0, 0.05) is 12.6 Å². The number of aliphatic carboxylic acids is 1. The van der Waals surface area contributed by atoms with E-state index < -0.39 is 16.0 Å². The van der Waals surface area contributed by atoms with E-state index in [2.05, 4.69) is 11.6 Å². The Hall–Kier alpha value is -1.66. The Bertz CT molecular complexity index is 630. The summed E-state index contributed by atoms with van der Waals surface area (Å²) >= 11 is 0. The zero-order valence-corrected chi connectivity index (χ0v) is 12.6. The highest BCUT2D eigenvalue weighted by Gasteiger charge is 2.28. The van der Waals surface area contributed by atoms with E-state index in [4.69, 9.17) is 5.11 Å². The van der Waals surface area contributed by atoms with E-state index in [0.717, 1.165) is 6.08 Å². The van der Waals surface area contributed by atoms with Crippen molar-refractivity contribution in [3.05, 3.63) is 35.9 Å². The second kappa shape index (κ2) is 6.41. The molecule has 0 aromatic heterocycles. The minimum atomic E-state index is -3.50. The van der Waals surface area contributed by atoms with E-state index in [-0.39, 0.29) is 4.90 Å². The molecule has 0 spiro atoms. The first-order valence-electron chi connectivity index (χ1n) is 6.89. The molecule has 0 bridgehead atoms. The first kappa shape index (κ1) is 15.7. The Morgan fingerprint density at radius 1 is 1.38 bits per heavy atom. The van der Waals surface area contributed by atoms with Crippen molar-refractivity contribution in [1.82, 2.24) is 4.72 Å². The van der Waals surface area contributed by atoms with Gasteiger partial charge in [-0.1, -0.05) is 19.1 Å². The normalized spacial score (nSPS) is 17.0. The summed E-state index contributed by atoms with van der Waals surface area (Å²) in [4.78, 5) is 10.6. The lowest BCUT2D eigenvalue weighted by molar-refractivity contribution is -0.131. The maximum atomic E-state index is 12.1. The number of carboxylic acid groups (broad SMARTS) is 1. The molecular formula is C15H19NO4S. The average molecular weight is 309 g/mol. The highest BCUT2D eigenvalue weighted by Crippen LogP contribution is 2.36. The second-order valence-corrected chi connectivity index (χ2v) is 7.17. The van der Waals surface area contributed by atoms with Crippen molar-refractivity contribution >= 4 is 22.1 Å². The molecule has 0 heterocycles. The van der Waals surface area contributed by atoms with Gasteiger partial charge in [-0.3, -0.25) is 0 Å². The number of carboxylic acids is 1. The van der Waals surface area contributed by atoms with Crippen LogP contribution < -0.4 is 4.72 Å². The summed E-state index contributed by atoms with van der Waals surface area (Å²) in [7, 11) is -3.50. The molecule has 1 aliphatic carbocycles. The molecule has 1 saturated carbocycles. The van der Waals surface area contributed by atoms with Crippen molar-refractivity contribution in [2.24, 2.45) is 11.8 Å². The fourth-order valence-electron chi connectivity index (χ4n) is 2.08. The lowest BCUT2D eigenvalue weighted by Gasteiger charge is -2.12. The number of hydrogen-bond acceptors (Lipinski definition) is 3. The third-order valence-electron chi connectivity index (χ3n) is 3.63. The van der Waals surface area contributed by atoms with Crippen LogP contribution in [0.3, 0.4) is 0 Å². The van der Waals surface area contributed by atoms with Gasteiger partial charge in [0.15, 0.2) is 0 Å². The first-order chi connectivity index (χ1) is 9.88. The standard InChI is InChI=1S/C15H19NO4S/c1-11(13-5-6-13)10-16-21(19,20)14-7-2-12(3-8-14)4-9-15(17)18/h2-4,7-9,11,13,16H,5-6,10H2,1H3,(H,17,18)/b9-4+. The maximum Gasteiger partial charge on any atom is 0.328 e. The molecule has 0 radical (unpaired) electrons. The molecule has 1 unspecified atom stereocenters. The Morgan fingerprint density at radius 2 is 2.00 bits per heavy atom. The van der Waals surface area contributed by atoms with Gasteiger partial charge in [0.1, 0.15) is 0 Å². The zero-order chi connectivity index (χ0) is 15.5. The molecule has 0 amide bonds. The summed E-state index contributed by atoms with van der Waals surface area (Å²) in [6, 6.07) is 6.12. The van der Waals surface area contributed by atoms with Crippen LogP contribution in [0.5, 0.6) is 0 Å². The van der Waals surface area contributed by atoms with Crippen LogP contribution in [0.4, 0.5) is 0 Å². The van der Waals surface area contributed by atoms with Crippen molar-refractivity contribution in [3.8, 4) is 0 Å². The lowest BCUT2D eigenvalue weighted by Crippen LogP contribution is -2.29. The van der Waals surface area contributed by atoms with E-state index in [9.17, 15) is 13.2 Å². The zero-order valence-electron chi connectivity index (χ0n) is 11.8. The van der Waals surface area contributed by atoms with Gasteiger partial charge in [0.25, 0.3) is 0 Å². The molecule has 1 aromatic rings. The summed E-state index contributed by atoms with van der Waals surface area (Å²) in [6.45, 7) is 2.51. The highest BCUT2D eigenvalue weighted by molar-refractivity contribution is 7.89. The van der Waals surface area contributed by atoms with E-state index in [1.807, 2.05) is 0 Å². The third kappa shape index (κ3) is 4.68. The van der Waals surface area contributed by atoms with Gasteiger partial charge >= 0.3 is 5.97 Å². The maximum absolute atomic E-state index is 12.1. The Kier molecular flexibility index (Phi) is 4.80. The van der Waals surface area contributed by atoms with Crippen molar-refractivity contribution in [2.45, 2.75) is 24.7 Å². The molecule has 5 nitrogen and oxygen atoms in total. The van der Waals surface area contributed by atoms with E-state index in [1.165, 1.54) is 31.1 Å². The molecule has 1 atom stereocenters. The number of hydrogen-bond donors (Lipinski definition) is 2. The molecule has 0 saturated heterocycles. The Labute approximate surface area is 124 Å². The van der Waals surface area contributed by atoms with Gasteiger partial charge in [-0.15, -0.1) is 0 Å². The van der Waals surface area contributed by atoms with Gasteiger partial charge in [0.2, 0.25) is 10.0 Å². The van der Waals surface area contributed by atoms with E-state index in [0.29, 0.717) is 23.9 Å². The molecule has 6 heteroatoms. The van der Waals surface area contributed by atoms with Crippen LogP contribution >= 0.6 is 0 Å². The van der Waals surface area contributed by atoms with Crippen LogP contribution in [0.1, 0.15) is 25.3 Å². The average Bonchev–Trinajstić information content (AvgIpc) is 3.27. The van der Waals surface area contributed by atoms with Crippen LogP contribution in [0, 0.1) is 11.8 Å². The number of sulfonamides is 1. The molecule has 2 rings (SSSR count). The minimum absolute atomic E-state index is 0.193. The predicted molar refractivity (Wildman–Crippen MR) is 80.2 cm³/mol. The van der Waals surface area contributed by atoms with E-state index >= 15 is 0 Å². The molecule has 21 heavy (non-hydrogen) atoms. The van der Waals surface area contributed by atoms with Crippen LogP contribution in [0.2, 0.25) is 0 Å². The van der Waals surface area contributed by atoms with Crippen LogP contribution in [0.25, 0.3) is 6.08 Å². The van der Waals surface area contributed by atoms with Crippen LogP contribution in [-0.4, -0.2) is 26.0 Å². The smallest absolute Gasteiger partial charge is 0.328 e. The fraction of sp³-hybridized carbons (Fsp3) is 0.400. The third-order valence-corrected chi connectivity index (χ3v) is 5.07. The number of nitrogens with one attached hydrogen (secondary N) is 1. The van der Waals surface area contributed by atoms with Crippen molar-refractivity contribution in [3.63, 3.8) is 0 Å². The van der Waals surface area contributed by atoms with Crippen molar-refractivity contribution in [2.75, 3.05) is 6.54 Å². The molecule has 0 aliphatic heterocycles. The molecule has 1 aliphatic rings. The van der Waals surface area contributed by atoms with Gasteiger partial charge in [0.05, 0.1) is 4.90 Å². The van der Waals surface area contributed by atoms with Crippen LogP contribution in [-0.2, 0) is 14.8 Å². The molecule has 2 N–H and O–H groups in total. The van der Waals surface area contributed by atoms with Gasteiger partial charge in [-0.05, 0) is 48.4 Å². The topological polar surface area (TPSA) is 83.5 Å².